The molecule has 16 heavy (non-hydrogen) atoms. The number of hydrogen-bond donors (Lipinski definition) is 0. The van der Waals surface area contributed by atoms with Gasteiger partial charge < -0.3 is 4.79 Å². The van der Waals surface area contributed by atoms with Gasteiger partial charge in [0.25, 0.3) is 0 Å². The Kier molecular flexibility index (Phi) is 13.5. The summed E-state index contributed by atoms with van der Waals surface area (Å²) in [6, 6.07) is 10.0. The lowest BCUT2D eigenvalue weighted by Gasteiger charge is -1.85. The highest BCUT2D eigenvalue weighted by molar-refractivity contribution is 5.72. The second-order valence-corrected chi connectivity index (χ2v) is 2.99. The predicted molar refractivity (Wildman–Crippen MR) is 73.3 cm³/mol. The SMILES string of the molecule is C=CC=C.C=Cc1ccccc1.CC(C)=O. The third-order valence-corrected chi connectivity index (χ3v) is 1.20. The summed E-state index contributed by atoms with van der Waals surface area (Å²) in [6.45, 7) is 13.4. The van der Waals surface area contributed by atoms with Crippen molar-refractivity contribution in [3.05, 3.63) is 67.8 Å². The van der Waals surface area contributed by atoms with Crippen LogP contribution in [0.25, 0.3) is 6.08 Å². The average Bonchev–Trinajstić information content (AvgIpc) is 2.30. The summed E-state index contributed by atoms with van der Waals surface area (Å²) in [7, 11) is 0. The normalized spacial score (nSPS) is 7.12. The number of carbonyl (C=O) groups is 1. The van der Waals surface area contributed by atoms with E-state index in [-0.39, 0.29) is 5.78 Å². The van der Waals surface area contributed by atoms with Gasteiger partial charge in [0, 0.05) is 0 Å². The molecule has 0 amide bonds. The summed E-state index contributed by atoms with van der Waals surface area (Å²) in [5, 5.41) is 0. The lowest BCUT2D eigenvalue weighted by atomic mass is 10.2. The number of carbonyl (C=O) groups excluding carboxylic acids is 1. The molecule has 0 heterocycles. The Balaban J connectivity index is 0. The van der Waals surface area contributed by atoms with Gasteiger partial charge >= 0.3 is 0 Å². The first-order valence-electron chi connectivity index (χ1n) is 4.96. The van der Waals surface area contributed by atoms with Crippen LogP contribution in [0.4, 0.5) is 0 Å². The van der Waals surface area contributed by atoms with E-state index in [9.17, 15) is 4.79 Å². The van der Waals surface area contributed by atoms with Crippen LogP contribution in [0.3, 0.4) is 0 Å². The first-order valence-corrected chi connectivity index (χ1v) is 4.96. The first-order chi connectivity index (χ1) is 7.58. The summed E-state index contributed by atoms with van der Waals surface area (Å²) >= 11 is 0. The fourth-order valence-corrected chi connectivity index (χ4v) is 0.589. The molecular weight excluding hydrogens is 196 g/mol. The van der Waals surface area contributed by atoms with E-state index < -0.39 is 0 Å². The first kappa shape index (κ1) is 16.5. The van der Waals surface area contributed by atoms with Gasteiger partial charge in [-0.05, 0) is 19.4 Å². The van der Waals surface area contributed by atoms with Crippen LogP contribution < -0.4 is 0 Å². The molecule has 0 aliphatic carbocycles. The molecule has 0 unspecified atom stereocenters. The molecule has 86 valence electrons. The Morgan fingerprint density at radius 1 is 1.00 bits per heavy atom. The summed E-state index contributed by atoms with van der Waals surface area (Å²) in [6.07, 6.45) is 5.11. The molecule has 1 rings (SSSR count). The minimum Gasteiger partial charge on any atom is -0.300 e. The molecule has 1 aromatic rings. The van der Waals surface area contributed by atoms with Gasteiger partial charge in [-0.1, -0.05) is 68.3 Å². The Morgan fingerprint density at radius 3 is 1.56 bits per heavy atom. The van der Waals surface area contributed by atoms with E-state index in [4.69, 9.17) is 0 Å². The van der Waals surface area contributed by atoms with Gasteiger partial charge in [0.2, 0.25) is 0 Å². The van der Waals surface area contributed by atoms with Crippen molar-refractivity contribution in [3.63, 3.8) is 0 Å². The smallest absolute Gasteiger partial charge is 0.126 e. The molecule has 0 radical (unpaired) electrons. The second kappa shape index (κ2) is 13.1. The van der Waals surface area contributed by atoms with E-state index in [1.165, 1.54) is 19.4 Å². The third kappa shape index (κ3) is 18.0. The van der Waals surface area contributed by atoms with Gasteiger partial charge in [-0.25, -0.2) is 0 Å². The van der Waals surface area contributed by atoms with Gasteiger partial charge in [0.1, 0.15) is 5.78 Å². The number of Topliss-reactive ketones (excluding diaryl/α,β-unsaturated/α-hetero) is 1. The maximum absolute atomic E-state index is 9.44. The zero-order valence-corrected chi connectivity index (χ0v) is 10.1. The van der Waals surface area contributed by atoms with E-state index in [1.807, 2.05) is 36.4 Å². The Labute approximate surface area is 98.8 Å². The third-order valence-electron chi connectivity index (χ3n) is 1.20. The van der Waals surface area contributed by atoms with Crippen molar-refractivity contribution in [1.29, 1.82) is 0 Å². The zero-order chi connectivity index (χ0) is 12.8. The number of ketones is 1. The van der Waals surface area contributed by atoms with Crippen molar-refractivity contribution in [1.82, 2.24) is 0 Å². The minimum absolute atomic E-state index is 0.167. The van der Waals surface area contributed by atoms with E-state index >= 15 is 0 Å². The van der Waals surface area contributed by atoms with Gasteiger partial charge in [-0.3, -0.25) is 0 Å². The highest BCUT2D eigenvalue weighted by atomic mass is 16.1. The molecule has 0 saturated heterocycles. The quantitative estimate of drug-likeness (QED) is 0.674. The van der Waals surface area contributed by atoms with Crippen LogP contribution >= 0.6 is 0 Å². The van der Waals surface area contributed by atoms with Crippen LogP contribution in [0, 0.1) is 0 Å². The van der Waals surface area contributed by atoms with Gasteiger partial charge in [-0.15, -0.1) is 0 Å². The fraction of sp³-hybridized carbons (Fsp3) is 0.133. The molecule has 0 saturated carbocycles. The number of allylic oxidation sites excluding steroid dienone is 2. The molecule has 0 atom stereocenters. The molecule has 0 N–H and O–H groups in total. The molecular formula is C15H20O. The second-order valence-electron chi connectivity index (χ2n) is 2.99. The highest BCUT2D eigenvalue weighted by Crippen LogP contribution is 1.97. The van der Waals surface area contributed by atoms with E-state index in [1.54, 1.807) is 12.2 Å². The number of rotatable bonds is 2. The molecule has 1 nitrogen and oxygen atoms in total. The standard InChI is InChI=1S/C8H8.C4H6.C3H6O/c1-2-8-6-4-3-5-7-8;1-3-4-2;1-3(2)4/h2-7H,1H2;3-4H,1-2H2;1-2H3. The van der Waals surface area contributed by atoms with Crippen molar-refractivity contribution in [2.24, 2.45) is 0 Å². The molecule has 0 aromatic heterocycles. The van der Waals surface area contributed by atoms with Crippen molar-refractivity contribution < 1.29 is 4.79 Å². The van der Waals surface area contributed by atoms with Crippen molar-refractivity contribution in [2.75, 3.05) is 0 Å². The van der Waals surface area contributed by atoms with Crippen LogP contribution in [0.5, 0.6) is 0 Å². The Morgan fingerprint density at radius 2 is 1.38 bits per heavy atom. The maximum atomic E-state index is 9.44. The molecule has 0 spiro atoms. The molecule has 0 fully saturated rings. The van der Waals surface area contributed by atoms with Crippen LogP contribution in [0.2, 0.25) is 0 Å². The van der Waals surface area contributed by atoms with Crippen LogP contribution in [-0.4, -0.2) is 5.78 Å². The van der Waals surface area contributed by atoms with Gasteiger partial charge in [-0.2, -0.15) is 0 Å². The molecule has 1 aromatic carbocycles. The molecule has 0 bridgehead atoms. The lowest BCUT2D eigenvalue weighted by molar-refractivity contribution is -0.114. The molecule has 0 aliphatic rings. The number of hydrogen-bond acceptors (Lipinski definition) is 1. The minimum atomic E-state index is 0.167. The van der Waals surface area contributed by atoms with Crippen molar-refractivity contribution in [2.45, 2.75) is 13.8 Å². The van der Waals surface area contributed by atoms with Gasteiger partial charge in [0.15, 0.2) is 0 Å². The Hall–Kier alpha value is -1.89. The Bertz CT molecular complexity index is 299. The van der Waals surface area contributed by atoms with Crippen molar-refractivity contribution >= 4 is 11.9 Å². The summed E-state index contributed by atoms with van der Waals surface area (Å²) in [5.41, 5.74) is 1.17. The fourth-order valence-electron chi connectivity index (χ4n) is 0.589. The van der Waals surface area contributed by atoms with E-state index in [2.05, 4.69) is 19.7 Å². The van der Waals surface area contributed by atoms with Gasteiger partial charge in [0.05, 0.1) is 0 Å². The monoisotopic (exact) mass is 216 g/mol. The van der Waals surface area contributed by atoms with E-state index in [0.717, 1.165) is 0 Å². The summed E-state index contributed by atoms with van der Waals surface area (Å²) < 4.78 is 0. The van der Waals surface area contributed by atoms with Crippen molar-refractivity contribution in [3.8, 4) is 0 Å². The predicted octanol–water partition coefficient (Wildman–Crippen LogP) is 4.28. The van der Waals surface area contributed by atoms with E-state index in [0.29, 0.717) is 0 Å². The summed E-state index contributed by atoms with van der Waals surface area (Å²) in [5.74, 6) is 0.167. The topological polar surface area (TPSA) is 17.1 Å². The highest BCUT2D eigenvalue weighted by Gasteiger charge is 1.75. The molecule has 1 heteroatoms. The van der Waals surface area contributed by atoms with Crippen LogP contribution in [0.15, 0.2) is 62.2 Å². The van der Waals surface area contributed by atoms with Crippen LogP contribution in [-0.2, 0) is 4.79 Å². The zero-order valence-electron chi connectivity index (χ0n) is 10.1. The lowest BCUT2D eigenvalue weighted by Crippen LogP contribution is -1.69. The van der Waals surface area contributed by atoms with Crippen LogP contribution in [0.1, 0.15) is 19.4 Å². The number of benzene rings is 1. The summed E-state index contributed by atoms with van der Waals surface area (Å²) in [4.78, 5) is 9.44. The molecule has 0 aliphatic heterocycles. The largest absolute Gasteiger partial charge is 0.300 e. The maximum Gasteiger partial charge on any atom is 0.126 e. The average molecular weight is 216 g/mol.